The summed E-state index contributed by atoms with van der Waals surface area (Å²) in [5.74, 6) is -7.20. The quantitative estimate of drug-likeness (QED) is 0.409. The minimum Gasteiger partial charge on any atom is -0.204 e. The van der Waals surface area contributed by atoms with E-state index in [1.54, 1.807) is 0 Å². The summed E-state index contributed by atoms with van der Waals surface area (Å²) < 4.78 is 69.1. The third kappa shape index (κ3) is 3.85. The summed E-state index contributed by atoms with van der Waals surface area (Å²) in [6.45, 7) is 2.26. The lowest BCUT2D eigenvalue weighted by Gasteiger charge is -2.39. The van der Waals surface area contributed by atoms with Crippen molar-refractivity contribution in [3.05, 3.63) is 35.1 Å². The second-order valence-corrected chi connectivity index (χ2v) is 8.01. The lowest BCUT2D eigenvalue weighted by molar-refractivity contribution is -0.0858. The van der Waals surface area contributed by atoms with E-state index in [1.165, 1.54) is 25.7 Å². The van der Waals surface area contributed by atoms with Gasteiger partial charge in [-0.05, 0) is 68.4 Å². The molecule has 5 heteroatoms. The largest absolute Gasteiger partial charge is 0.276 e. The number of rotatable bonds is 3. The maximum absolute atomic E-state index is 14.7. The molecule has 0 radical (unpaired) electrons. The Morgan fingerprint density at radius 1 is 0.760 bits per heavy atom. The Hall–Kier alpha value is -1.13. The zero-order chi connectivity index (χ0) is 18.2. The van der Waals surface area contributed by atoms with Crippen molar-refractivity contribution in [3.63, 3.8) is 0 Å². The topological polar surface area (TPSA) is 0 Å². The van der Waals surface area contributed by atoms with Gasteiger partial charge >= 0.3 is 0 Å². The average Bonchev–Trinajstić information content (AvgIpc) is 2.60. The summed E-state index contributed by atoms with van der Waals surface area (Å²) in [7, 11) is 0. The van der Waals surface area contributed by atoms with Gasteiger partial charge in [-0.15, -0.1) is 0 Å². The maximum atomic E-state index is 14.7. The molecule has 0 bridgehead atoms. The van der Waals surface area contributed by atoms with E-state index in [4.69, 9.17) is 0 Å². The molecule has 0 N–H and O–H groups in total. The second-order valence-electron chi connectivity index (χ2n) is 8.01. The molecule has 0 saturated heterocycles. The molecule has 0 nitrogen and oxygen atoms in total. The first-order valence-electron chi connectivity index (χ1n) is 9.31. The van der Waals surface area contributed by atoms with E-state index in [0.29, 0.717) is 36.8 Å². The number of halogens is 5. The van der Waals surface area contributed by atoms with Crippen LogP contribution in [-0.4, -0.2) is 0 Å². The summed E-state index contributed by atoms with van der Waals surface area (Å²) >= 11 is 0. The number of hydrogen-bond acceptors (Lipinski definition) is 0. The Morgan fingerprint density at radius 2 is 1.20 bits per heavy atom. The predicted octanol–water partition coefficient (Wildman–Crippen LogP) is 6.83. The Morgan fingerprint density at radius 3 is 1.68 bits per heavy atom. The van der Waals surface area contributed by atoms with Gasteiger partial charge in [0.15, 0.2) is 17.5 Å². The third-order valence-electron chi connectivity index (χ3n) is 6.38. The van der Waals surface area contributed by atoms with Gasteiger partial charge in [-0.2, -0.15) is 0 Å². The van der Waals surface area contributed by atoms with Crippen molar-refractivity contribution in [3.8, 4) is 0 Å². The van der Waals surface area contributed by atoms with Crippen molar-refractivity contribution in [2.75, 3.05) is 0 Å². The molecule has 2 saturated carbocycles. The third-order valence-corrected chi connectivity index (χ3v) is 6.38. The molecule has 0 heterocycles. The van der Waals surface area contributed by atoms with Crippen LogP contribution >= 0.6 is 0 Å². The van der Waals surface area contributed by atoms with Crippen LogP contribution in [0.25, 0.3) is 0 Å². The van der Waals surface area contributed by atoms with Gasteiger partial charge in [0.25, 0.3) is 5.92 Å². The van der Waals surface area contributed by atoms with Crippen molar-refractivity contribution in [1.82, 2.24) is 0 Å². The number of hydrogen-bond donors (Lipinski definition) is 0. The summed E-state index contributed by atoms with van der Waals surface area (Å²) in [6.07, 6.45) is 6.98. The van der Waals surface area contributed by atoms with E-state index in [1.807, 2.05) is 0 Å². The van der Waals surface area contributed by atoms with Crippen LogP contribution < -0.4 is 0 Å². The zero-order valence-corrected chi connectivity index (χ0v) is 14.5. The van der Waals surface area contributed by atoms with E-state index in [-0.39, 0.29) is 0 Å². The molecule has 2 aliphatic carbocycles. The van der Waals surface area contributed by atoms with Crippen LogP contribution in [0, 0.1) is 41.1 Å². The standard InChI is InChI=1S/C20H25F5/c1-12-2-4-13(5-3-12)14-6-8-15(9-7-14)20(24,25)16-10-17(21)19(23)18(22)11-16/h10-15H,2-9H2,1H3. The van der Waals surface area contributed by atoms with Crippen LogP contribution in [0.1, 0.15) is 63.9 Å². The molecule has 0 aliphatic heterocycles. The lowest BCUT2D eigenvalue weighted by atomic mass is 9.68. The van der Waals surface area contributed by atoms with Gasteiger partial charge in [-0.3, -0.25) is 0 Å². The molecule has 2 aliphatic rings. The molecule has 1 aromatic carbocycles. The second kappa shape index (κ2) is 7.24. The highest BCUT2D eigenvalue weighted by Gasteiger charge is 2.44. The van der Waals surface area contributed by atoms with E-state index >= 15 is 0 Å². The molecule has 1 aromatic rings. The van der Waals surface area contributed by atoms with E-state index in [0.717, 1.165) is 18.8 Å². The van der Waals surface area contributed by atoms with Crippen LogP contribution in [0.2, 0.25) is 0 Å². The van der Waals surface area contributed by atoms with Crippen molar-refractivity contribution >= 4 is 0 Å². The van der Waals surface area contributed by atoms with Gasteiger partial charge in [0.2, 0.25) is 0 Å². The zero-order valence-electron chi connectivity index (χ0n) is 14.5. The van der Waals surface area contributed by atoms with E-state index in [9.17, 15) is 22.0 Å². The van der Waals surface area contributed by atoms with E-state index < -0.39 is 34.9 Å². The summed E-state index contributed by atoms with van der Waals surface area (Å²) in [5.41, 5.74) is -0.751. The number of alkyl halides is 2. The normalized spacial score (nSPS) is 31.1. The van der Waals surface area contributed by atoms with Crippen molar-refractivity contribution in [2.24, 2.45) is 23.7 Å². The summed E-state index contributed by atoms with van der Waals surface area (Å²) in [5, 5.41) is 0. The van der Waals surface area contributed by atoms with Gasteiger partial charge in [0.05, 0.1) is 0 Å². The molecule has 0 unspecified atom stereocenters. The highest BCUT2D eigenvalue weighted by Crippen LogP contribution is 2.48. The first-order chi connectivity index (χ1) is 11.8. The molecule has 0 spiro atoms. The van der Waals surface area contributed by atoms with Gasteiger partial charge in [0, 0.05) is 11.5 Å². The van der Waals surface area contributed by atoms with E-state index in [2.05, 4.69) is 6.92 Å². The molecule has 140 valence electrons. The monoisotopic (exact) mass is 360 g/mol. The lowest BCUT2D eigenvalue weighted by Crippen LogP contribution is -2.32. The van der Waals surface area contributed by atoms with Crippen molar-refractivity contribution < 1.29 is 22.0 Å². The minimum atomic E-state index is -3.33. The Labute approximate surface area is 145 Å². The first-order valence-corrected chi connectivity index (χ1v) is 9.31. The predicted molar refractivity (Wildman–Crippen MR) is 86.8 cm³/mol. The molecular weight excluding hydrogens is 335 g/mol. The van der Waals surface area contributed by atoms with Crippen LogP contribution in [0.5, 0.6) is 0 Å². The van der Waals surface area contributed by atoms with Crippen molar-refractivity contribution in [2.45, 2.75) is 64.2 Å². The summed E-state index contributed by atoms with van der Waals surface area (Å²) in [4.78, 5) is 0. The smallest absolute Gasteiger partial charge is 0.204 e. The average molecular weight is 360 g/mol. The fourth-order valence-corrected chi connectivity index (χ4v) is 4.69. The van der Waals surface area contributed by atoms with Gasteiger partial charge in [-0.25, -0.2) is 22.0 Å². The maximum Gasteiger partial charge on any atom is 0.276 e. The fourth-order valence-electron chi connectivity index (χ4n) is 4.69. The van der Waals surface area contributed by atoms with Crippen LogP contribution in [0.15, 0.2) is 12.1 Å². The highest BCUT2D eigenvalue weighted by molar-refractivity contribution is 5.24. The van der Waals surface area contributed by atoms with Crippen LogP contribution in [-0.2, 0) is 5.92 Å². The molecule has 2 fully saturated rings. The number of benzene rings is 1. The molecule has 3 rings (SSSR count). The molecule has 0 amide bonds. The molecule has 25 heavy (non-hydrogen) atoms. The molecular formula is C20H25F5. The fraction of sp³-hybridized carbons (Fsp3) is 0.700. The van der Waals surface area contributed by atoms with Crippen LogP contribution in [0.3, 0.4) is 0 Å². The van der Waals surface area contributed by atoms with Crippen molar-refractivity contribution in [1.29, 1.82) is 0 Å². The van der Waals surface area contributed by atoms with Gasteiger partial charge in [0.1, 0.15) is 0 Å². The van der Waals surface area contributed by atoms with Gasteiger partial charge in [-0.1, -0.05) is 19.8 Å². The Bertz CT molecular complexity index is 573. The van der Waals surface area contributed by atoms with Gasteiger partial charge < -0.3 is 0 Å². The highest BCUT2D eigenvalue weighted by atomic mass is 19.3. The molecule has 0 atom stereocenters. The SMILES string of the molecule is CC1CCC(C2CCC(C(F)(F)c3cc(F)c(F)c(F)c3)CC2)CC1. The Balaban J connectivity index is 1.65. The minimum absolute atomic E-state index is 0.352. The summed E-state index contributed by atoms with van der Waals surface area (Å²) in [6, 6.07) is 0.875. The molecule has 0 aromatic heterocycles. The van der Waals surface area contributed by atoms with Crippen LogP contribution in [0.4, 0.5) is 22.0 Å². The Kier molecular flexibility index (Phi) is 5.40. The first kappa shape index (κ1) is 18.7.